The van der Waals surface area contributed by atoms with Gasteiger partial charge in [-0.25, -0.2) is 0 Å². The van der Waals surface area contributed by atoms with E-state index in [0.717, 1.165) is 12.0 Å². The maximum Gasteiger partial charge on any atom is 0.403 e. The van der Waals surface area contributed by atoms with Gasteiger partial charge in [0.2, 0.25) is 0 Å². The lowest BCUT2D eigenvalue weighted by atomic mass is 9.79. The molecule has 0 bridgehead atoms. The summed E-state index contributed by atoms with van der Waals surface area (Å²) in [5.41, 5.74) is 1.13. The number of piperidine rings is 1. The van der Waals surface area contributed by atoms with Gasteiger partial charge in [0.25, 0.3) is 0 Å². The molecule has 0 aliphatic carbocycles. The van der Waals surface area contributed by atoms with Gasteiger partial charge < -0.3 is 5.32 Å². The molecule has 0 amide bonds. The van der Waals surface area contributed by atoms with Crippen LogP contribution in [0.5, 0.6) is 0 Å². The summed E-state index contributed by atoms with van der Waals surface area (Å²) < 4.78 is 38.2. The van der Waals surface area contributed by atoms with Crippen LogP contribution in [0.15, 0.2) is 30.3 Å². The first kappa shape index (κ1) is 13.4. The van der Waals surface area contributed by atoms with Gasteiger partial charge >= 0.3 is 6.18 Å². The van der Waals surface area contributed by atoms with Crippen LogP contribution in [-0.2, 0) is 0 Å². The molecule has 1 unspecified atom stereocenters. The number of nitrogens with one attached hydrogen (secondary N) is 1. The van der Waals surface area contributed by atoms with E-state index in [1.165, 1.54) is 0 Å². The third kappa shape index (κ3) is 3.05. The Morgan fingerprint density at radius 3 is 2.50 bits per heavy atom. The predicted molar refractivity (Wildman–Crippen MR) is 65.4 cm³/mol. The highest BCUT2D eigenvalue weighted by molar-refractivity contribution is 5.19. The van der Waals surface area contributed by atoms with Gasteiger partial charge in [0.1, 0.15) is 6.04 Å². The van der Waals surface area contributed by atoms with Gasteiger partial charge in [-0.15, -0.1) is 0 Å². The van der Waals surface area contributed by atoms with Crippen LogP contribution in [0.2, 0.25) is 0 Å². The Labute approximate surface area is 105 Å². The van der Waals surface area contributed by atoms with Crippen molar-refractivity contribution >= 4 is 0 Å². The molecule has 1 aliphatic heterocycles. The highest BCUT2D eigenvalue weighted by atomic mass is 19.4. The molecule has 0 aromatic heterocycles. The SMILES string of the molecule is C[C@@H](c1ccccc1)C1CCN[C@@H](C(F)(F)F)C1. The fraction of sp³-hybridized carbons (Fsp3) is 0.571. The highest BCUT2D eigenvalue weighted by Gasteiger charge is 2.43. The lowest BCUT2D eigenvalue weighted by molar-refractivity contribution is -0.164. The fourth-order valence-corrected chi connectivity index (χ4v) is 2.68. The molecule has 1 nitrogen and oxygen atoms in total. The van der Waals surface area contributed by atoms with Gasteiger partial charge in [0.05, 0.1) is 0 Å². The van der Waals surface area contributed by atoms with Crippen LogP contribution in [0.1, 0.15) is 31.2 Å². The molecule has 18 heavy (non-hydrogen) atoms. The van der Waals surface area contributed by atoms with E-state index in [1.54, 1.807) is 0 Å². The molecule has 1 aliphatic rings. The molecule has 4 heteroatoms. The first-order chi connectivity index (χ1) is 8.48. The van der Waals surface area contributed by atoms with Crippen LogP contribution in [-0.4, -0.2) is 18.8 Å². The van der Waals surface area contributed by atoms with Crippen molar-refractivity contribution in [1.29, 1.82) is 0 Å². The fourth-order valence-electron chi connectivity index (χ4n) is 2.68. The minimum Gasteiger partial charge on any atom is -0.306 e. The van der Waals surface area contributed by atoms with Crippen LogP contribution in [0.4, 0.5) is 13.2 Å². The highest BCUT2D eigenvalue weighted by Crippen LogP contribution is 2.36. The van der Waals surface area contributed by atoms with Gasteiger partial charge in [-0.1, -0.05) is 37.3 Å². The van der Waals surface area contributed by atoms with Crippen molar-refractivity contribution in [2.75, 3.05) is 6.54 Å². The largest absolute Gasteiger partial charge is 0.403 e. The van der Waals surface area contributed by atoms with E-state index in [4.69, 9.17) is 0 Å². The van der Waals surface area contributed by atoms with Crippen molar-refractivity contribution in [3.8, 4) is 0 Å². The van der Waals surface area contributed by atoms with Crippen molar-refractivity contribution in [3.63, 3.8) is 0 Å². The van der Waals surface area contributed by atoms with Gasteiger partial charge in [-0.3, -0.25) is 0 Å². The van der Waals surface area contributed by atoms with E-state index < -0.39 is 12.2 Å². The number of hydrogen-bond acceptors (Lipinski definition) is 1. The molecule has 0 radical (unpaired) electrons. The molecule has 1 aromatic carbocycles. The van der Waals surface area contributed by atoms with Crippen LogP contribution in [0, 0.1) is 5.92 Å². The van der Waals surface area contributed by atoms with Gasteiger partial charge in [-0.05, 0) is 36.8 Å². The second-order valence-electron chi connectivity index (χ2n) is 5.03. The van der Waals surface area contributed by atoms with E-state index in [-0.39, 0.29) is 18.3 Å². The van der Waals surface area contributed by atoms with Gasteiger partial charge in [-0.2, -0.15) is 13.2 Å². The summed E-state index contributed by atoms with van der Waals surface area (Å²) in [5.74, 6) is 0.276. The van der Waals surface area contributed by atoms with E-state index in [0.29, 0.717) is 6.54 Å². The molecule has 1 fully saturated rings. The Morgan fingerprint density at radius 2 is 1.89 bits per heavy atom. The zero-order chi connectivity index (χ0) is 13.2. The zero-order valence-electron chi connectivity index (χ0n) is 10.4. The smallest absolute Gasteiger partial charge is 0.306 e. The summed E-state index contributed by atoms with van der Waals surface area (Å²) in [5, 5.41) is 2.57. The molecule has 0 spiro atoms. The zero-order valence-corrected chi connectivity index (χ0v) is 10.4. The first-order valence-corrected chi connectivity index (χ1v) is 6.33. The molecular weight excluding hydrogens is 239 g/mol. The first-order valence-electron chi connectivity index (χ1n) is 6.33. The summed E-state index contributed by atoms with van der Waals surface area (Å²) in [6, 6.07) is 8.45. The Kier molecular flexibility index (Phi) is 3.95. The molecular formula is C14H18F3N. The molecule has 2 rings (SSSR count). The van der Waals surface area contributed by atoms with Crippen molar-refractivity contribution < 1.29 is 13.2 Å². The van der Waals surface area contributed by atoms with Gasteiger partial charge in [0, 0.05) is 0 Å². The molecule has 100 valence electrons. The van der Waals surface area contributed by atoms with E-state index in [9.17, 15) is 13.2 Å². The summed E-state index contributed by atoms with van der Waals surface area (Å²) >= 11 is 0. The summed E-state index contributed by atoms with van der Waals surface area (Å²) in [7, 11) is 0. The average molecular weight is 257 g/mol. The molecule has 1 saturated heterocycles. The molecule has 1 heterocycles. The quantitative estimate of drug-likeness (QED) is 0.851. The van der Waals surface area contributed by atoms with E-state index in [1.807, 2.05) is 37.3 Å². The molecule has 3 atom stereocenters. The van der Waals surface area contributed by atoms with Crippen molar-refractivity contribution in [2.45, 2.75) is 37.9 Å². The molecule has 0 saturated carbocycles. The van der Waals surface area contributed by atoms with Crippen molar-refractivity contribution in [1.82, 2.24) is 5.32 Å². The topological polar surface area (TPSA) is 12.0 Å². The lowest BCUT2D eigenvalue weighted by Gasteiger charge is -2.35. The Morgan fingerprint density at radius 1 is 1.22 bits per heavy atom. The van der Waals surface area contributed by atoms with E-state index in [2.05, 4.69) is 5.32 Å². The average Bonchev–Trinajstić information content (AvgIpc) is 2.38. The number of hydrogen-bond donors (Lipinski definition) is 1. The normalized spacial score (nSPS) is 26.9. The minimum absolute atomic E-state index is 0.0975. The van der Waals surface area contributed by atoms with Crippen LogP contribution >= 0.6 is 0 Å². The maximum atomic E-state index is 12.7. The second-order valence-corrected chi connectivity index (χ2v) is 5.03. The Bertz CT molecular complexity index is 374. The number of benzene rings is 1. The monoisotopic (exact) mass is 257 g/mol. The number of halogens is 3. The number of rotatable bonds is 2. The number of alkyl halides is 3. The Hall–Kier alpha value is -1.03. The second kappa shape index (κ2) is 5.31. The third-order valence-electron chi connectivity index (χ3n) is 3.87. The van der Waals surface area contributed by atoms with Crippen LogP contribution < -0.4 is 5.32 Å². The predicted octanol–water partition coefficient (Wildman–Crippen LogP) is 3.72. The third-order valence-corrected chi connectivity index (χ3v) is 3.87. The Balaban J connectivity index is 2.05. The van der Waals surface area contributed by atoms with Crippen LogP contribution in [0.25, 0.3) is 0 Å². The van der Waals surface area contributed by atoms with Crippen molar-refractivity contribution in [3.05, 3.63) is 35.9 Å². The molecule has 1 N–H and O–H groups in total. The maximum absolute atomic E-state index is 12.7. The van der Waals surface area contributed by atoms with Crippen LogP contribution in [0.3, 0.4) is 0 Å². The van der Waals surface area contributed by atoms with Gasteiger partial charge in [0.15, 0.2) is 0 Å². The van der Waals surface area contributed by atoms with E-state index >= 15 is 0 Å². The van der Waals surface area contributed by atoms with Crippen molar-refractivity contribution in [2.24, 2.45) is 5.92 Å². The standard InChI is InChI=1S/C14H18F3N/c1-10(11-5-3-2-4-6-11)12-7-8-18-13(9-12)14(15,16)17/h2-6,10,12-13,18H,7-9H2,1H3/t10-,12?,13+/m0/s1. The summed E-state index contributed by atoms with van der Waals surface area (Å²) in [4.78, 5) is 0. The minimum atomic E-state index is -4.13. The molecule has 1 aromatic rings. The summed E-state index contributed by atoms with van der Waals surface area (Å²) in [6.07, 6.45) is -3.14. The lowest BCUT2D eigenvalue weighted by Crippen LogP contribution is -2.48. The summed E-state index contributed by atoms with van der Waals surface area (Å²) in [6.45, 7) is 2.48.